The molecular formula is C11H17N5O2. The van der Waals surface area contributed by atoms with Crippen molar-refractivity contribution in [1.82, 2.24) is 20.1 Å². The van der Waals surface area contributed by atoms with Gasteiger partial charge in [-0.3, -0.25) is 14.9 Å². The number of hydrogen-bond donors (Lipinski definition) is 2. The first-order chi connectivity index (χ1) is 8.67. The summed E-state index contributed by atoms with van der Waals surface area (Å²) in [6, 6.07) is 0. The first-order valence-electron chi connectivity index (χ1n) is 6.07. The average Bonchev–Trinajstić information content (AvgIpc) is 3.09. The SMILES string of the molecule is CNC(=O)Cn1cnc(NC(=O)CCC2CC2)n1. The van der Waals surface area contributed by atoms with Crippen LogP contribution in [0.2, 0.25) is 0 Å². The summed E-state index contributed by atoms with van der Waals surface area (Å²) in [6.45, 7) is 0.0987. The van der Waals surface area contributed by atoms with Crippen LogP contribution in [0, 0.1) is 5.92 Å². The summed E-state index contributed by atoms with van der Waals surface area (Å²) in [7, 11) is 1.56. The Labute approximate surface area is 105 Å². The van der Waals surface area contributed by atoms with Crippen LogP contribution in [0.5, 0.6) is 0 Å². The van der Waals surface area contributed by atoms with E-state index in [0.717, 1.165) is 12.3 Å². The Morgan fingerprint density at radius 1 is 1.44 bits per heavy atom. The van der Waals surface area contributed by atoms with Crippen molar-refractivity contribution in [3.8, 4) is 0 Å². The van der Waals surface area contributed by atoms with E-state index in [4.69, 9.17) is 0 Å². The van der Waals surface area contributed by atoms with Crippen LogP contribution in [0.3, 0.4) is 0 Å². The molecule has 18 heavy (non-hydrogen) atoms. The summed E-state index contributed by atoms with van der Waals surface area (Å²) in [4.78, 5) is 26.6. The molecule has 2 N–H and O–H groups in total. The van der Waals surface area contributed by atoms with Crippen molar-refractivity contribution >= 4 is 17.8 Å². The highest BCUT2D eigenvalue weighted by atomic mass is 16.2. The quantitative estimate of drug-likeness (QED) is 0.753. The second kappa shape index (κ2) is 5.61. The highest BCUT2D eigenvalue weighted by Crippen LogP contribution is 2.33. The minimum absolute atomic E-state index is 0.0698. The molecule has 1 saturated carbocycles. The molecule has 7 nitrogen and oxygen atoms in total. The number of nitrogens with zero attached hydrogens (tertiary/aromatic N) is 3. The number of anilines is 1. The molecular weight excluding hydrogens is 234 g/mol. The summed E-state index contributed by atoms with van der Waals surface area (Å²) in [5, 5.41) is 9.10. The fraction of sp³-hybridized carbons (Fsp3) is 0.636. The molecule has 0 aliphatic heterocycles. The van der Waals surface area contributed by atoms with Gasteiger partial charge in [-0.05, 0) is 12.3 Å². The number of carbonyl (C=O) groups excluding carboxylic acids is 2. The maximum absolute atomic E-state index is 11.6. The molecule has 0 atom stereocenters. The fourth-order valence-electron chi connectivity index (χ4n) is 1.58. The molecule has 1 aliphatic carbocycles. The van der Waals surface area contributed by atoms with E-state index in [1.165, 1.54) is 23.9 Å². The normalized spacial score (nSPS) is 14.3. The zero-order valence-electron chi connectivity index (χ0n) is 10.3. The number of hydrogen-bond acceptors (Lipinski definition) is 4. The van der Waals surface area contributed by atoms with Gasteiger partial charge in [-0.25, -0.2) is 9.67 Å². The maximum Gasteiger partial charge on any atom is 0.248 e. The fourth-order valence-corrected chi connectivity index (χ4v) is 1.58. The molecule has 1 aromatic heterocycles. The third-order valence-electron chi connectivity index (χ3n) is 2.85. The second-order valence-corrected chi connectivity index (χ2v) is 4.47. The first-order valence-corrected chi connectivity index (χ1v) is 6.07. The first kappa shape index (κ1) is 12.5. The third kappa shape index (κ3) is 3.83. The molecule has 0 unspecified atom stereocenters. The van der Waals surface area contributed by atoms with Gasteiger partial charge >= 0.3 is 0 Å². The van der Waals surface area contributed by atoms with Gasteiger partial charge in [-0.15, -0.1) is 5.10 Å². The van der Waals surface area contributed by atoms with Crippen molar-refractivity contribution in [2.24, 2.45) is 5.92 Å². The average molecular weight is 251 g/mol. The van der Waals surface area contributed by atoms with E-state index < -0.39 is 0 Å². The lowest BCUT2D eigenvalue weighted by molar-refractivity contribution is -0.121. The molecule has 2 amide bonds. The predicted octanol–water partition coefficient (Wildman–Crippen LogP) is 0.153. The van der Waals surface area contributed by atoms with E-state index in [-0.39, 0.29) is 24.3 Å². The van der Waals surface area contributed by atoms with Crippen molar-refractivity contribution in [2.75, 3.05) is 12.4 Å². The number of amides is 2. The zero-order valence-corrected chi connectivity index (χ0v) is 10.3. The maximum atomic E-state index is 11.6. The van der Waals surface area contributed by atoms with Crippen LogP contribution in [0.15, 0.2) is 6.33 Å². The Morgan fingerprint density at radius 3 is 2.89 bits per heavy atom. The lowest BCUT2D eigenvalue weighted by Crippen LogP contribution is -2.23. The van der Waals surface area contributed by atoms with E-state index in [1.54, 1.807) is 7.05 Å². The van der Waals surface area contributed by atoms with Crippen LogP contribution < -0.4 is 10.6 Å². The van der Waals surface area contributed by atoms with Gasteiger partial charge < -0.3 is 5.32 Å². The van der Waals surface area contributed by atoms with Crippen molar-refractivity contribution in [1.29, 1.82) is 0 Å². The lowest BCUT2D eigenvalue weighted by Gasteiger charge is -2.00. The van der Waals surface area contributed by atoms with Crippen LogP contribution in [0.4, 0.5) is 5.95 Å². The Balaban J connectivity index is 1.77. The Bertz CT molecular complexity index is 438. The molecule has 1 heterocycles. The molecule has 1 aliphatic rings. The molecule has 1 fully saturated rings. The molecule has 0 spiro atoms. The van der Waals surface area contributed by atoms with Crippen molar-refractivity contribution in [3.05, 3.63) is 6.33 Å². The number of carbonyl (C=O) groups is 2. The van der Waals surface area contributed by atoms with Crippen molar-refractivity contribution < 1.29 is 9.59 Å². The zero-order chi connectivity index (χ0) is 13.0. The number of rotatable bonds is 6. The summed E-state index contributed by atoms with van der Waals surface area (Å²) in [6.07, 6.45) is 5.35. The van der Waals surface area contributed by atoms with E-state index in [2.05, 4.69) is 20.7 Å². The van der Waals surface area contributed by atoms with Crippen LogP contribution in [-0.4, -0.2) is 33.6 Å². The lowest BCUT2D eigenvalue weighted by atomic mass is 10.2. The predicted molar refractivity (Wildman–Crippen MR) is 64.7 cm³/mol. The van der Waals surface area contributed by atoms with Crippen molar-refractivity contribution in [2.45, 2.75) is 32.2 Å². The highest BCUT2D eigenvalue weighted by molar-refractivity contribution is 5.88. The second-order valence-electron chi connectivity index (χ2n) is 4.47. The minimum Gasteiger partial charge on any atom is -0.358 e. The molecule has 98 valence electrons. The summed E-state index contributed by atoms with van der Waals surface area (Å²) in [5.74, 6) is 0.750. The largest absolute Gasteiger partial charge is 0.358 e. The van der Waals surface area contributed by atoms with Gasteiger partial charge in [0.1, 0.15) is 12.9 Å². The molecule has 0 saturated heterocycles. The van der Waals surface area contributed by atoms with E-state index in [1.807, 2.05) is 0 Å². The van der Waals surface area contributed by atoms with Gasteiger partial charge in [0.05, 0.1) is 0 Å². The van der Waals surface area contributed by atoms with Gasteiger partial charge in [0, 0.05) is 13.5 Å². The van der Waals surface area contributed by atoms with Gasteiger partial charge in [0.2, 0.25) is 17.8 Å². The van der Waals surface area contributed by atoms with Crippen LogP contribution >= 0.6 is 0 Å². The van der Waals surface area contributed by atoms with Crippen molar-refractivity contribution in [3.63, 3.8) is 0 Å². The topological polar surface area (TPSA) is 88.9 Å². The Hall–Kier alpha value is -1.92. The highest BCUT2D eigenvalue weighted by Gasteiger charge is 2.22. The third-order valence-corrected chi connectivity index (χ3v) is 2.85. The van der Waals surface area contributed by atoms with Crippen LogP contribution in [0.25, 0.3) is 0 Å². The number of nitrogens with one attached hydrogen (secondary N) is 2. The van der Waals surface area contributed by atoms with E-state index in [0.29, 0.717) is 6.42 Å². The Kier molecular flexibility index (Phi) is 3.91. The molecule has 0 aromatic carbocycles. The molecule has 7 heteroatoms. The number of aromatic nitrogens is 3. The molecule has 2 rings (SSSR count). The standard InChI is InChI=1S/C11H17N5O2/c1-12-10(18)6-16-7-13-11(15-16)14-9(17)5-4-8-2-3-8/h7-8H,2-6H2,1H3,(H,12,18)(H,14,15,17). The minimum atomic E-state index is -0.161. The van der Waals surface area contributed by atoms with Crippen LogP contribution in [0.1, 0.15) is 25.7 Å². The Morgan fingerprint density at radius 2 is 2.22 bits per heavy atom. The van der Waals surface area contributed by atoms with Crippen LogP contribution in [-0.2, 0) is 16.1 Å². The smallest absolute Gasteiger partial charge is 0.248 e. The summed E-state index contributed by atoms with van der Waals surface area (Å²) < 4.78 is 1.38. The van der Waals surface area contributed by atoms with Gasteiger partial charge in [0.25, 0.3) is 0 Å². The summed E-state index contributed by atoms with van der Waals surface area (Å²) >= 11 is 0. The van der Waals surface area contributed by atoms with Gasteiger partial charge in [-0.1, -0.05) is 12.8 Å². The molecule has 0 radical (unpaired) electrons. The molecule has 0 bridgehead atoms. The van der Waals surface area contributed by atoms with E-state index >= 15 is 0 Å². The van der Waals surface area contributed by atoms with Gasteiger partial charge in [-0.2, -0.15) is 0 Å². The monoisotopic (exact) mass is 251 g/mol. The summed E-state index contributed by atoms with van der Waals surface area (Å²) in [5.41, 5.74) is 0. The number of likely N-dealkylation sites (N-methyl/N-ethyl adjacent to an activating group) is 1. The van der Waals surface area contributed by atoms with E-state index in [9.17, 15) is 9.59 Å². The van der Waals surface area contributed by atoms with Gasteiger partial charge in [0.15, 0.2) is 0 Å². The molecule has 1 aromatic rings.